The minimum atomic E-state index is -0.852. The Morgan fingerprint density at radius 2 is 1.53 bits per heavy atom. The molecule has 4 amide bonds. The number of amides is 4. The van der Waals surface area contributed by atoms with Gasteiger partial charge in [0.05, 0.1) is 24.9 Å². The van der Waals surface area contributed by atoms with E-state index in [1.54, 1.807) is 18.2 Å². The minimum Gasteiger partial charge on any atom is -0.497 e. The summed E-state index contributed by atoms with van der Waals surface area (Å²) >= 11 is 6.46. The van der Waals surface area contributed by atoms with Crippen molar-refractivity contribution in [2.75, 3.05) is 32.3 Å². The van der Waals surface area contributed by atoms with E-state index in [4.69, 9.17) is 30.5 Å². The van der Waals surface area contributed by atoms with Crippen LogP contribution >= 0.6 is 11.6 Å². The van der Waals surface area contributed by atoms with Crippen molar-refractivity contribution in [1.29, 1.82) is 0 Å². The van der Waals surface area contributed by atoms with Gasteiger partial charge in [-0.25, -0.2) is 9.69 Å². The van der Waals surface area contributed by atoms with E-state index in [0.717, 1.165) is 16.2 Å². The summed E-state index contributed by atoms with van der Waals surface area (Å²) in [5.41, 5.74) is 1.56. The number of hydrogen-bond donors (Lipinski definition) is 1. The highest BCUT2D eigenvalue weighted by Crippen LogP contribution is 2.37. The largest absolute Gasteiger partial charge is 0.497 e. The highest BCUT2D eigenvalue weighted by atomic mass is 35.5. The Kier molecular flexibility index (Phi) is 8.18. The number of carbonyl (C=O) groups is 3. The van der Waals surface area contributed by atoms with Gasteiger partial charge in [0.2, 0.25) is 0 Å². The lowest BCUT2D eigenvalue weighted by Crippen LogP contribution is -2.54. The second-order valence-electron chi connectivity index (χ2n) is 8.20. The number of nitrogens with one attached hydrogen (secondary N) is 1. The minimum absolute atomic E-state index is 0.199. The second kappa shape index (κ2) is 11.7. The van der Waals surface area contributed by atoms with Gasteiger partial charge in [0.25, 0.3) is 11.8 Å². The zero-order valence-electron chi connectivity index (χ0n) is 20.9. The number of hydrogen-bond acceptors (Lipinski definition) is 7. The molecular weight excluding hydrogens is 512 g/mol. The lowest BCUT2D eigenvalue weighted by molar-refractivity contribution is -0.122. The van der Waals surface area contributed by atoms with Gasteiger partial charge in [-0.3, -0.25) is 14.9 Å². The van der Waals surface area contributed by atoms with Crippen molar-refractivity contribution in [3.05, 3.63) is 82.4 Å². The Morgan fingerprint density at radius 1 is 0.868 bits per heavy atom. The molecule has 1 aliphatic heterocycles. The van der Waals surface area contributed by atoms with Crippen LogP contribution in [-0.2, 0) is 9.59 Å². The molecule has 0 aromatic heterocycles. The topological polar surface area (TPSA) is 103 Å². The van der Waals surface area contributed by atoms with E-state index in [1.165, 1.54) is 38.5 Å². The Morgan fingerprint density at radius 3 is 2.18 bits per heavy atom. The molecule has 0 saturated carbocycles. The first-order chi connectivity index (χ1) is 18.3. The summed E-state index contributed by atoms with van der Waals surface area (Å²) in [7, 11) is 2.95. The first-order valence-corrected chi connectivity index (χ1v) is 11.9. The van der Waals surface area contributed by atoms with Gasteiger partial charge in [-0.15, -0.1) is 0 Å². The monoisotopic (exact) mass is 536 g/mol. The molecule has 0 bridgehead atoms. The number of anilines is 1. The molecule has 0 atom stereocenters. The molecule has 196 valence electrons. The number of methoxy groups -OCH3 is 2. The van der Waals surface area contributed by atoms with Crippen molar-refractivity contribution < 1.29 is 33.3 Å². The number of aryl methyl sites for hydroxylation is 1. The summed E-state index contributed by atoms with van der Waals surface area (Å²) in [4.78, 5) is 39.0. The molecule has 0 aliphatic carbocycles. The molecule has 10 heteroatoms. The number of carbonyl (C=O) groups excluding carboxylic acids is 3. The summed E-state index contributed by atoms with van der Waals surface area (Å²) in [6.07, 6.45) is 1.33. The third kappa shape index (κ3) is 5.90. The summed E-state index contributed by atoms with van der Waals surface area (Å²) < 4.78 is 22.0. The zero-order chi connectivity index (χ0) is 27.2. The van der Waals surface area contributed by atoms with Gasteiger partial charge in [0.15, 0.2) is 11.5 Å². The Hall–Kier alpha value is -4.50. The Labute approximate surface area is 224 Å². The predicted octanol–water partition coefficient (Wildman–Crippen LogP) is 4.79. The molecule has 38 heavy (non-hydrogen) atoms. The fraction of sp³-hybridized carbons (Fsp3) is 0.179. The van der Waals surface area contributed by atoms with Crippen LogP contribution < -0.4 is 29.2 Å². The summed E-state index contributed by atoms with van der Waals surface area (Å²) in [5.74, 6) is 0.249. The quantitative estimate of drug-likeness (QED) is 0.238. The normalized spacial score (nSPS) is 14.4. The van der Waals surface area contributed by atoms with E-state index in [-0.39, 0.29) is 29.5 Å². The molecule has 0 radical (unpaired) electrons. The summed E-state index contributed by atoms with van der Waals surface area (Å²) in [6.45, 7) is 2.47. The van der Waals surface area contributed by atoms with Crippen LogP contribution in [0.2, 0.25) is 5.02 Å². The van der Waals surface area contributed by atoms with Crippen molar-refractivity contribution in [3.63, 3.8) is 0 Å². The van der Waals surface area contributed by atoms with Crippen LogP contribution in [0, 0.1) is 6.92 Å². The van der Waals surface area contributed by atoms with Gasteiger partial charge in [-0.2, -0.15) is 0 Å². The first kappa shape index (κ1) is 26.6. The van der Waals surface area contributed by atoms with Crippen LogP contribution in [0.3, 0.4) is 0 Å². The third-order valence-electron chi connectivity index (χ3n) is 5.61. The molecule has 0 unspecified atom stereocenters. The van der Waals surface area contributed by atoms with Crippen molar-refractivity contribution in [3.8, 4) is 23.0 Å². The molecule has 1 fully saturated rings. The van der Waals surface area contributed by atoms with Crippen LogP contribution in [-0.4, -0.2) is 45.3 Å². The standard InChI is InChI=1S/C28H25ClN2O7/c1-17-4-8-21(9-5-17)37-12-13-38-25-23(29)15-18(16-24(25)36-3)14-22-26(32)30-28(34)31(27(22)33)19-6-10-20(35-2)11-7-19/h4-11,14-16H,12-13H2,1-3H3,(H,30,32,34)/b22-14-. The SMILES string of the molecule is COc1ccc(N2C(=O)NC(=O)/C(=C/c3cc(Cl)c(OCCOc4ccc(C)cc4)c(OC)c3)C2=O)cc1. The van der Waals surface area contributed by atoms with E-state index < -0.39 is 17.8 Å². The van der Waals surface area contributed by atoms with Gasteiger partial charge < -0.3 is 18.9 Å². The van der Waals surface area contributed by atoms with Crippen molar-refractivity contribution >= 4 is 41.2 Å². The highest BCUT2D eigenvalue weighted by molar-refractivity contribution is 6.39. The lowest BCUT2D eigenvalue weighted by Gasteiger charge is -2.26. The van der Waals surface area contributed by atoms with Crippen LogP contribution in [0.15, 0.2) is 66.2 Å². The van der Waals surface area contributed by atoms with Gasteiger partial charge in [0.1, 0.15) is 30.3 Å². The molecule has 3 aromatic carbocycles. The predicted molar refractivity (Wildman–Crippen MR) is 142 cm³/mol. The van der Waals surface area contributed by atoms with Gasteiger partial charge in [0, 0.05) is 0 Å². The molecule has 1 heterocycles. The fourth-order valence-corrected chi connectivity index (χ4v) is 3.96. The van der Waals surface area contributed by atoms with Crippen LogP contribution in [0.1, 0.15) is 11.1 Å². The average molecular weight is 537 g/mol. The molecule has 4 rings (SSSR count). The molecule has 0 spiro atoms. The van der Waals surface area contributed by atoms with Gasteiger partial charge in [-0.05, 0) is 67.1 Å². The fourth-order valence-electron chi connectivity index (χ4n) is 3.69. The number of rotatable bonds is 9. The van der Waals surface area contributed by atoms with E-state index >= 15 is 0 Å². The number of urea groups is 1. The van der Waals surface area contributed by atoms with Crippen LogP contribution in [0.25, 0.3) is 6.08 Å². The van der Waals surface area contributed by atoms with Crippen LogP contribution in [0.4, 0.5) is 10.5 Å². The third-order valence-corrected chi connectivity index (χ3v) is 5.90. The van der Waals surface area contributed by atoms with E-state index in [0.29, 0.717) is 22.8 Å². The van der Waals surface area contributed by atoms with E-state index in [9.17, 15) is 14.4 Å². The smallest absolute Gasteiger partial charge is 0.335 e. The van der Waals surface area contributed by atoms with Crippen molar-refractivity contribution in [2.45, 2.75) is 6.92 Å². The van der Waals surface area contributed by atoms with Crippen molar-refractivity contribution in [1.82, 2.24) is 5.32 Å². The number of nitrogens with zero attached hydrogens (tertiary/aromatic N) is 1. The molecule has 1 saturated heterocycles. The van der Waals surface area contributed by atoms with E-state index in [1.807, 2.05) is 31.2 Å². The number of ether oxygens (including phenoxy) is 4. The molecule has 1 aliphatic rings. The summed E-state index contributed by atoms with van der Waals surface area (Å²) in [6, 6.07) is 16.2. The maximum absolute atomic E-state index is 13.2. The van der Waals surface area contributed by atoms with Crippen LogP contribution in [0.5, 0.6) is 23.0 Å². The maximum atomic E-state index is 13.2. The molecule has 1 N–H and O–H groups in total. The molecular formula is C28H25ClN2O7. The van der Waals surface area contributed by atoms with Crippen molar-refractivity contribution in [2.24, 2.45) is 0 Å². The molecule has 9 nitrogen and oxygen atoms in total. The average Bonchev–Trinajstić information content (AvgIpc) is 2.91. The molecule has 3 aromatic rings. The Bertz CT molecular complexity index is 1390. The number of benzene rings is 3. The second-order valence-corrected chi connectivity index (χ2v) is 8.61. The van der Waals surface area contributed by atoms with Gasteiger partial charge in [-0.1, -0.05) is 29.3 Å². The zero-order valence-corrected chi connectivity index (χ0v) is 21.7. The Balaban J connectivity index is 1.52. The maximum Gasteiger partial charge on any atom is 0.335 e. The van der Waals surface area contributed by atoms with E-state index in [2.05, 4.69) is 5.32 Å². The summed E-state index contributed by atoms with van der Waals surface area (Å²) in [5, 5.41) is 2.39. The van der Waals surface area contributed by atoms with Gasteiger partial charge >= 0.3 is 6.03 Å². The number of barbiturate groups is 1. The number of imide groups is 2. The number of halogens is 1. The first-order valence-electron chi connectivity index (χ1n) is 11.6. The highest BCUT2D eigenvalue weighted by Gasteiger charge is 2.37. The lowest BCUT2D eigenvalue weighted by atomic mass is 10.1.